The van der Waals surface area contributed by atoms with Crippen molar-refractivity contribution in [2.45, 2.75) is 82.8 Å². The summed E-state index contributed by atoms with van der Waals surface area (Å²) in [5, 5.41) is 21.0. The van der Waals surface area contributed by atoms with Crippen LogP contribution in [-0.2, 0) is 9.53 Å². The van der Waals surface area contributed by atoms with Crippen molar-refractivity contribution < 1.29 is 45.1 Å². The number of nitrogens with one attached hydrogen (secondary N) is 3. The zero-order valence-corrected chi connectivity index (χ0v) is 29.4. The van der Waals surface area contributed by atoms with Crippen LogP contribution in [0.1, 0.15) is 70.8 Å². The molecule has 3 N–H and O–H groups in total. The second-order valence-corrected chi connectivity index (χ2v) is 14.1. The topological polar surface area (TPSA) is 143 Å². The van der Waals surface area contributed by atoms with Gasteiger partial charge in [0.2, 0.25) is 0 Å². The summed E-state index contributed by atoms with van der Waals surface area (Å²) < 4.78 is 103. The van der Waals surface area contributed by atoms with Crippen LogP contribution < -0.4 is 10.6 Å². The number of allylic oxidation sites excluding steroid dienone is 3. The Balaban J connectivity index is 1.54. The molecule has 0 bridgehead atoms. The molecule has 2 amide bonds. The van der Waals surface area contributed by atoms with E-state index < -0.39 is 79.2 Å². The van der Waals surface area contributed by atoms with Crippen molar-refractivity contribution in [3.05, 3.63) is 71.3 Å². The Morgan fingerprint density at radius 3 is 2.45 bits per heavy atom. The lowest BCUT2D eigenvalue weighted by atomic mass is 9.73. The van der Waals surface area contributed by atoms with Crippen LogP contribution >= 0.6 is 11.6 Å². The van der Waals surface area contributed by atoms with Crippen molar-refractivity contribution in [1.29, 1.82) is 5.41 Å². The maximum absolute atomic E-state index is 15.6. The Labute approximate surface area is 303 Å². The van der Waals surface area contributed by atoms with Gasteiger partial charge in [-0.15, -0.1) is 0 Å². The van der Waals surface area contributed by atoms with E-state index in [1.807, 2.05) is 5.32 Å². The van der Waals surface area contributed by atoms with Crippen molar-refractivity contribution in [2.75, 3.05) is 6.61 Å². The fourth-order valence-corrected chi connectivity index (χ4v) is 6.44. The third-order valence-electron chi connectivity index (χ3n) is 8.78. The van der Waals surface area contributed by atoms with Crippen LogP contribution in [0.25, 0.3) is 17.0 Å². The van der Waals surface area contributed by atoms with Crippen LogP contribution in [0.4, 0.5) is 35.5 Å². The molecule has 0 radical (unpaired) electrons. The molecule has 3 atom stereocenters. The lowest BCUT2D eigenvalue weighted by Crippen LogP contribution is -2.56. The zero-order valence-electron chi connectivity index (χ0n) is 28.6. The molecule has 5 rings (SSSR count). The van der Waals surface area contributed by atoms with Crippen LogP contribution in [0.2, 0.25) is 5.02 Å². The van der Waals surface area contributed by atoms with Gasteiger partial charge in [-0.05, 0) is 57.4 Å². The van der Waals surface area contributed by atoms with Crippen molar-refractivity contribution in [2.24, 2.45) is 5.92 Å². The molecule has 3 aromatic rings. The quantitative estimate of drug-likeness (QED) is 0.155. The molecule has 1 aliphatic heterocycles. The fraction of sp³-hybridized carbons (Fsp3) is 0.455. The molecule has 1 fully saturated rings. The predicted octanol–water partition coefficient (Wildman–Crippen LogP) is 7.30. The molecule has 2 aromatic heterocycles. The predicted molar refractivity (Wildman–Crippen MR) is 178 cm³/mol. The van der Waals surface area contributed by atoms with Crippen molar-refractivity contribution in [1.82, 2.24) is 40.1 Å². The smallest absolute Gasteiger partial charge is 0.407 e. The first-order valence-corrected chi connectivity index (χ1v) is 16.4. The molecule has 20 heteroatoms. The summed E-state index contributed by atoms with van der Waals surface area (Å²) in [5.41, 5.74) is -4.96. The molecule has 1 aliphatic carbocycles. The van der Waals surface area contributed by atoms with E-state index in [-0.39, 0.29) is 28.4 Å². The highest BCUT2D eigenvalue weighted by Crippen LogP contribution is 2.43. The second kappa shape index (κ2) is 14.8. The monoisotopic (exact) mass is 773 g/mol. The van der Waals surface area contributed by atoms with Gasteiger partial charge >= 0.3 is 19.2 Å². The van der Waals surface area contributed by atoms with Gasteiger partial charge in [0.05, 0.1) is 22.8 Å². The van der Waals surface area contributed by atoms with E-state index in [9.17, 15) is 35.9 Å². The van der Waals surface area contributed by atoms with Crippen LogP contribution in [0.5, 0.6) is 0 Å². The number of hydrogen-bond acceptors (Lipinski definition) is 7. The number of amides is 2. The number of halogens is 8. The summed E-state index contributed by atoms with van der Waals surface area (Å²) in [6, 6.07) is 2.52. The molecule has 53 heavy (non-hydrogen) atoms. The third-order valence-corrected chi connectivity index (χ3v) is 9.11. The normalized spacial score (nSPS) is 20.0. The summed E-state index contributed by atoms with van der Waals surface area (Å²) in [6.45, 7) is -2.15. The van der Waals surface area contributed by atoms with Gasteiger partial charge in [-0.3, -0.25) is 15.1 Å². The molecule has 1 unspecified atom stereocenters. The average Bonchev–Trinajstić information content (AvgIpc) is 3.81. The van der Waals surface area contributed by atoms with Crippen molar-refractivity contribution in [3.63, 3.8) is 0 Å². The number of ether oxygens (including phenoxy) is 1. The molecular weight excluding hydrogens is 739 g/mol. The molecule has 1 saturated heterocycles. The minimum Gasteiger partial charge on any atom is -0.447 e. The first-order chi connectivity index (χ1) is 24.7. The fourth-order valence-electron chi connectivity index (χ4n) is 6.23. The minimum absolute atomic E-state index is 0.0525. The first kappa shape index (κ1) is 39.3. The van der Waals surface area contributed by atoms with Gasteiger partial charge in [0, 0.05) is 29.7 Å². The molecular formula is C33H35ClF7N9O3. The standard InChI is InChI=1S/C33H35ClF7N9O3/c1-31(2,41)15-33(20-8-5-17(6-9-20)19-12-44-48(13-19)27(37)38)26(51)49(29(42)46-33)23(14-53-30(52)47-32(3,4)25(35)36)18-7-10-22(34)21(11-18)24-43-16-45-50(24)28(39)40/h5-8,10-13,16,20,23,25,27-28H,9,14-15H2,1-4H3,(H2,42,46)(H,47,52)/t20?,23-,33-/m1/s1. The number of rotatable bonds is 13. The molecule has 1 aromatic carbocycles. The molecule has 0 spiro atoms. The summed E-state index contributed by atoms with van der Waals surface area (Å²) in [5.74, 6) is -2.55. The van der Waals surface area contributed by atoms with E-state index in [0.29, 0.717) is 20.5 Å². The Morgan fingerprint density at radius 1 is 1.15 bits per heavy atom. The lowest BCUT2D eigenvalue weighted by Gasteiger charge is -2.38. The van der Waals surface area contributed by atoms with Gasteiger partial charge in [0.25, 0.3) is 12.3 Å². The molecule has 286 valence electrons. The Bertz CT molecular complexity index is 1920. The van der Waals surface area contributed by atoms with Crippen molar-refractivity contribution in [3.8, 4) is 11.4 Å². The summed E-state index contributed by atoms with van der Waals surface area (Å²) >= 11 is 6.38. The van der Waals surface area contributed by atoms with E-state index >= 15 is 4.39 Å². The van der Waals surface area contributed by atoms with E-state index in [1.165, 1.54) is 38.2 Å². The van der Waals surface area contributed by atoms with Gasteiger partial charge in [0.15, 0.2) is 11.8 Å². The maximum atomic E-state index is 15.6. The Hall–Kier alpha value is -4.94. The van der Waals surface area contributed by atoms with E-state index in [1.54, 1.807) is 18.2 Å². The average molecular weight is 774 g/mol. The summed E-state index contributed by atoms with van der Waals surface area (Å²) in [4.78, 5) is 32.3. The van der Waals surface area contributed by atoms with Gasteiger partial charge < -0.3 is 15.4 Å². The molecule has 0 saturated carbocycles. The van der Waals surface area contributed by atoms with Gasteiger partial charge in [-0.2, -0.15) is 32.4 Å². The number of carbonyl (C=O) groups is 2. The van der Waals surface area contributed by atoms with Crippen LogP contribution in [0.3, 0.4) is 0 Å². The first-order valence-electron chi connectivity index (χ1n) is 16.0. The second-order valence-electron chi connectivity index (χ2n) is 13.7. The largest absolute Gasteiger partial charge is 0.447 e. The van der Waals surface area contributed by atoms with Crippen LogP contribution in [0, 0.1) is 11.3 Å². The Kier molecular flexibility index (Phi) is 11.0. The third kappa shape index (κ3) is 8.18. The molecule has 3 heterocycles. The number of alkyl halides is 7. The highest BCUT2D eigenvalue weighted by molar-refractivity contribution is 6.33. The number of hydrogen-bond donors (Lipinski definition) is 3. The summed E-state index contributed by atoms with van der Waals surface area (Å²) in [7, 11) is 0. The number of guanidine groups is 1. The molecule has 12 nitrogen and oxygen atoms in total. The van der Waals surface area contributed by atoms with Crippen LogP contribution in [-0.4, -0.2) is 77.2 Å². The van der Waals surface area contributed by atoms with E-state index in [0.717, 1.165) is 31.3 Å². The van der Waals surface area contributed by atoms with Gasteiger partial charge in [-0.1, -0.05) is 35.9 Å². The SMILES string of the molecule is CC(C)(F)C[C@]1(C2C=CC(c3cnn(C(F)F)c3)=CC2)NC(=N)N([C@H](COC(=O)NC(C)(C)C(F)F)c2ccc(Cl)c(-c3ncnn3C(F)F)c2)C1=O. The van der Waals surface area contributed by atoms with E-state index in [4.69, 9.17) is 21.7 Å². The van der Waals surface area contributed by atoms with Crippen molar-refractivity contribution >= 4 is 35.1 Å². The van der Waals surface area contributed by atoms with Gasteiger partial charge in [0.1, 0.15) is 24.1 Å². The zero-order chi connectivity index (χ0) is 39.0. The number of carbonyl (C=O) groups excluding carboxylic acids is 2. The number of nitrogens with zero attached hydrogens (tertiary/aromatic N) is 6. The highest BCUT2D eigenvalue weighted by atomic mass is 35.5. The molecule has 2 aliphatic rings. The number of benzene rings is 1. The number of alkyl carbamates (subject to hydrolysis) is 1. The lowest BCUT2D eigenvalue weighted by molar-refractivity contribution is -0.136. The maximum Gasteiger partial charge on any atom is 0.407 e. The minimum atomic E-state index is -3.12. The highest BCUT2D eigenvalue weighted by Gasteiger charge is 2.57. The van der Waals surface area contributed by atoms with Gasteiger partial charge in [-0.25, -0.2) is 27.6 Å². The van der Waals surface area contributed by atoms with E-state index in [2.05, 4.69) is 20.5 Å². The number of aromatic nitrogens is 5. The summed E-state index contributed by atoms with van der Waals surface area (Å²) in [6.07, 6.45) is 3.40. The Morgan fingerprint density at radius 2 is 1.87 bits per heavy atom. The van der Waals surface area contributed by atoms with Crippen LogP contribution in [0.15, 0.2) is 55.1 Å².